The summed E-state index contributed by atoms with van der Waals surface area (Å²) < 4.78 is 36.7. The maximum atomic E-state index is 12.2. The van der Waals surface area contributed by atoms with Gasteiger partial charge in [-0.3, -0.25) is 10.1 Å². The second-order valence-electron chi connectivity index (χ2n) is 2.74. The summed E-state index contributed by atoms with van der Waals surface area (Å²) in [6, 6.07) is 2.33. The second kappa shape index (κ2) is 3.76. The molecule has 82 valence electrons. The third-order valence-electron chi connectivity index (χ3n) is 1.79. The van der Waals surface area contributed by atoms with Gasteiger partial charge < -0.3 is 5.32 Å². The lowest BCUT2D eigenvalue weighted by atomic mass is 10.1. The number of hydrogen-bond donors (Lipinski definition) is 1. The van der Waals surface area contributed by atoms with Crippen molar-refractivity contribution in [3.05, 3.63) is 33.9 Å². The van der Waals surface area contributed by atoms with E-state index in [0.29, 0.717) is 6.07 Å². The summed E-state index contributed by atoms with van der Waals surface area (Å²) in [5, 5.41) is 12.9. The van der Waals surface area contributed by atoms with Crippen LogP contribution in [0.4, 0.5) is 24.5 Å². The minimum absolute atomic E-state index is 0.0491. The number of nitro groups is 1. The number of rotatable bonds is 2. The van der Waals surface area contributed by atoms with Gasteiger partial charge in [-0.25, -0.2) is 0 Å². The average molecular weight is 220 g/mol. The van der Waals surface area contributed by atoms with Crippen LogP contribution in [0.1, 0.15) is 5.56 Å². The predicted octanol–water partition coefficient (Wildman–Crippen LogP) is 2.66. The highest BCUT2D eigenvalue weighted by Crippen LogP contribution is 2.34. The Hall–Kier alpha value is -1.79. The third-order valence-corrected chi connectivity index (χ3v) is 1.79. The Kier molecular flexibility index (Phi) is 2.83. The highest BCUT2D eigenvalue weighted by Gasteiger charge is 2.32. The van der Waals surface area contributed by atoms with Gasteiger partial charge in [0, 0.05) is 13.1 Å². The van der Waals surface area contributed by atoms with Crippen molar-refractivity contribution in [3.8, 4) is 0 Å². The van der Waals surface area contributed by atoms with Crippen LogP contribution in [0.25, 0.3) is 0 Å². The Bertz CT molecular complexity index is 390. The van der Waals surface area contributed by atoms with E-state index in [1.807, 2.05) is 0 Å². The molecule has 0 fully saturated rings. The first-order chi connectivity index (χ1) is 6.86. The van der Waals surface area contributed by atoms with Crippen LogP contribution in [0.2, 0.25) is 0 Å². The van der Waals surface area contributed by atoms with Gasteiger partial charge in [0.05, 0.1) is 10.5 Å². The van der Waals surface area contributed by atoms with E-state index in [9.17, 15) is 23.3 Å². The fourth-order valence-corrected chi connectivity index (χ4v) is 1.07. The topological polar surface area (TPSA) is 55.2 Å². The van der Waals surface area contributed by atoms with Gasteiger partial charge in [-0.2, -0.15) is 13.2 Å². The number of halogens is 3. The first kappa shape index (κ1) is 11.3. The number of anilines is 1. The number of benzene rings is 1. The van der Waals surface area contributed by atoms with E-state index in [-0.39, 0.29) is 5.69 Å². The standard InChI is InChI=1S/C8H7F3N2O2/c1-12-6-3-2-5(8(9,10)11)4-7(6)13(14)15/h2-4,12H,1H3. The Labute approximate surface area is 82.9 Å². The van der Waals surface area contributed by atoms with E-state index >= 15 is 0 Å². The Morgan fingerprint density at radius 1 is 1.40 bits per heavy atom. The van der Waals surface area contributed by atoms with Crippen LogP contribution in [-0.4, -0.2) is 12.0 Å². The van der Waals surface area contributed by atoms with Crippen molar-refractivity contribution in [3.63, 3.8) is 0 Å². The van der Waals surface area contributed by atoms with Gasteiger partial charge in [-0.1, -0.05) is 0 Å². The van der Waals surface area contributed by atoms with Gasteiger partial charge in [0.25, 0.3) is 5.69 Å². The number of alkyl halides is 3. The molecule has 1 rings (SSSR count). The Morgan fingerprint density at radius 2 is 2.00 bits per heavy atom. The normalized spacial score (nSPS) is 11.2. The van der Waals surface area contributed by atoms with Crippen LogP contribution in [0.3, 0.4) is 0 Å². The van der Waals surface area contributed by atoms with Crippen LogP contribution in [0.5, 0.6) is 0 Å². The molecular formula is C8H7F3N2O2. The molecule has 0 aromatic heterocycles. The van der Waals surface area contributed by atoms with Crippen LogP contribution < -0.4 is 5.32 Å². The van der Waals surface area contributed by atoms with Crippen molar-refractivity contribution >= 4 is 11.4 Å². The molecule has 0 saturated carbocycles. The fourth-order valence-electron chi connectivity index (χ4n) is 1.07. The van der Waals surface area contributed by atoms with E-state index in [1.165, 1.54) is 7.05 Å². The van der Waals surface area contributed by atoms with E-state index < -0.39 is 22.4 Å². The largest absolute Gasteiger partial charge is 0.416 e. The summed E-state index contributed by atoms with van der Waals surface area (Å²) in [6.45, 7) is 0. The minimum Gasteiger partial charge on any atom is -0.383 e. The highest BCUT2D eigenvalue weighted by atomic mass is 19.4. The van der Waals surface area contributed by atoms with Crippen LogP contribution in [0, 0.1) is 10.1 Å². The summed E-state index contributed by atoms with van der Waals surface area (Å²) in [4.78, 5) is 9.60. The van der Waals surface area contributed by atoms with E-state index in [0.717, 1.165) is 12.1 Å². The maximum Gasteiger partial charge on any atom is 0.416 e. The molecule has 0 amide bonds. The molecule has 0 spiro atoms. The van der Waals surface area contributed by atoms with Gasteiger partial charge >= 0.3 is 6.18 Å². The van der Waals surface area contributed by atoms with Gasteiger partial charge in [0.1, 0.15) is 5.69 Å². The van der Waals surface area contributed by atoms with Gasteiger partial charge in [0.2, 0.25) is 0 Å². The van der Waals surface area contributed by atoms with E-state index in [2.05, 4.69) is 5.32 Å². The van der Waals surface area contributed by atoms with Crippen molar-refractivity contribution in [1.82, 2.24) is 0 Å². The lowest BCUT2D eigenvalue weighted by Crippen LogP contribution is -2.06. The molecule has 0 aliphatic heterocycles. The molecule has 0 radical (unpaired) electrons. The molecule has 0 aliphatic rings. The Morgan fingerprint density at radius 3 is 2.40 bits per heavy atom. The minimum atomic E-state index is -4.57. The number of hydrogen-bond acceptors (Lipinski definition) is 3. The molecule has 0 aliphatic carbocycles. The summed E-state index contributed by atoms with van der Waals surface area (Å²) in [7, 11) is 1.40. The second-order valence-corrected chi connectivity index (χ2v) is 2.74. The smallest absolute Gasteiger partial charge is 0.383 e. The first-order valence-electron chi connectivity index (χ1n) is 3.89. The molecule has 1 aromatic carbocycles. The van der Waals surface area contributed by atoms with Crippen molar-refractivity contribution in [2.75, 3.05) is 12.4 Å². The molecule has 1 N–H and O–H groups in total. The Balaban J connectivity index is 3.28. The highest BCUT2D eigenvalue weighted by molar-refractivity contribution is 5.62. The zero-order chi connectivity index (χ0) is 11.6. The van der Waals surface area contributed by atoms with E-state index in [4.69, 9.17) is 0 Å². The number of nitro benzene ring substituents is 1. The molecule has 0 atom stereocenters. The maximum absolute atomic E-state index is 12.2. The summed E-state index contributed by atoms with van der Waals surface area (Å²) in [5.74, 6) is 0. The van der Waals surface area contributed by atoms with Crippen molar-refractivity contribution in [2.24, 2.45) is 0 Å². The molecule has 0 saturated heterocycles. The fraction of sp³-hybridized carbons (Fsp3) is 0.250. The van der Waals surface area contributed by atoms with Crippen molar-refractivity contribution in [2.45, 2.75) is 6.18 Å². The molecule has 7 heteroatoms. The van der Waals surface area contributed by atoms with Gasteiger partial charge in [-0.05, 0) is 12.1 Å². The number of nitrogens with one attached hydrogen (secondary N) is 1. The van der Waals surface area contributed by atoms with E-state index in [1.54, 1.807) is 0 Å². The zero-order valence-electron chi connectivity index (χ0n) is 7.63. The molecule has 0 heterocycles. The SMILES string of the molecule is CNc1ccc(C(F)(F)F)cc1[N+](=O)[O-]. The first-order valence-corrected chi connectivity index (χ1v) is 3.89. The summed E-state index contributed by atoms with van der Waals surface area (Å²) in [6.07, 6.45) is -4.57. The average Bonchev–Trinajstić information content (AvgIpc) is 2.15. The van der Waals surface area contributed by atoms with Crippen molar-refractivity contribution < 1.29 is 18.1 Å². The molecule has 0 bridgehead atoms. The molecule has 15 heavy (non-hydrogen) atoms. The van der Waals surface area contributed by atoms with Crippen LogP contribution in [-0.2, 0) is 6.18 Å². The van der Waals surface area contributed by atoms with Gasteiger partial charge in [0.15, 0.2) is 0 Å². The molecular weight excluding hydrogens is 213 g/mol. The summed E-state index contributed by atoms with van der Waals surface area (Å²) >= 11 is 0. The number of nitrogens with zero attached hydrogens (tertiary/aromatic N) is 1. The molecule has 4 nitrogen and oxygen atoms in total. The molecule has 1 aromatic rings. The van der Waals surface area contributed by atoms with Gasteiger partial charge in [-0.15, -0.1) is 0 Å². The van der Waals surface area contributed by atoms with Crippen molar-refractivity contribution in [1.29, 1.82) is 0 Å². The van der Waals surface area contributed by atoms with Crippen LogP contribution >= 0.6 is 0 Å². The monoisotopic (exact) mass is 220 g/mol. The zero-order valence-corrected chi connectivity index (χ0v) is 7.63. The third kappa shape index (κ3) is 2.36. The lowest BCUT2D eigenvalue weighted by molar-refractivity contribution is -0.384. The lowest BCUT2D eigenvalue weighted by Gasteiger charge is -2.08. The predicted molar refractivity (Wildman–Crippen MR) is 47.6 cm³/mol. The van der Waals surface area contributed by atoms with Crippen LogP contribution in [0.15, 0.2) is 18.2 Å². The molecule has 0 unspecified atom stereocenters. The summed E-state index contributed by atoms with van der Waals surface area (Å²) in [5.41, 5.74) is -1.58. The quantitative estimate of drug-likeness (QED) is 0.615.